The molecule has 2 fully saturated rings. The molecule has 0 bridgehead atoms. The van der Waals surface area contributed by atoms with E-state index in [1.165, 1.54) is 0 Å². The first-order chi connectivity index (χ1) is 14.5. The number of rotatable bonds is 17. The standard InChI is InChI=1S/C23H39NO6/c1-4-21(28-14-8-7-13-27-16-20-18-30-20)23(2,3)10-9-22(25)24-11-5-6-12-26-15-19-17-29-19/h19-21H,4-8,11-18H2,1-3H3,(H,24,25). The Bertz CT molecular complexity index is 548. The number of ether oxygens (including phenoxy) is 5. The molecule has 1 N–H and O–H groups in total. The summed E-state index contributed by atoms with van der Waals surface area (Å²) in [5.74, 6) is 5.61. The second-order valence-corrected chi connectivity index (χ2v) is 8.47. The summed E-state index contributed by atoms with van der Waals surface area (Å²) in [7, 11) is 0. The summed E-state index contributed by atoms with van der Waals surface area (Å²) in [6, 6.07) is 0. The van der Waals surface area contributed by atoms with Crippen LogP contribution >= 0.6 is 0 Å². The minimum Gasteiger partial charge on any atom is -0.379 e. The van der Waals surface area contributed by atoms with E-state index in [0.717, 1.165) is 51.9 Å². The second kappa shape index (κ2) is 14.0. The smallest absolute Gasteiger partial charge is 0.295 e. The number of carbonyl (C=O) groups excluding carboxylic acids is 1. The van der Waals surface area contributed by atoms with Gasteiger partial charge in [-0.2, -0.15) is 0 Å². The zero-order valence-corrected chi connectivity index (χ0v) is 18.9. The molecule has 0 aromatic carbocycles. The van der Waals surface area contributed by atoms with Crippen LogP contribution in [0.1, 0.15) is 52.9 Å². The van der Waals surface area contributed by atoms with Gasteiger partial charge in [0.1, 0.15) is 12.2 Å². The van der Waals surface area contributed by atoms with Crippen molar-refractivity contribution in [2.75, 3.05) is 52.8 Å². The summed E-state index contributed by atoms with van der Waals surface area (Å²) >= 11 is 0. The Kier molecular flexibility index (Phi) is 11.7. The number of hydrogen-bond donors (Lipinski definition) is 1. The van der Waals surface area contributed by atoms with Crippen LogP contribution in [0.5, 0.6) is 0 Å². The molecule has 2 heterocycles. The highest BCUT2D eigenvalue weighted by atomic mass is 16.6. The van der Waals surface area contributed by atoms with Crippen molar-refractivity contribution in [3.63, 3.8) is 0 Å². The molecule has 2 aliphatic heterocycles. The van der Waals surface area contributed by atoms with Gasteiger partial charge in [-0.15, -0.1) is 0 Å². The fourth-order valence-corrected chi connectivity index (χ4v) is 3.00. The third kappa shape index (κ3) is 11.9. The van der Waals surface area contributed by atoms with Crippen molar-refractivity contribution in [1.82, 2.24) is 5.32 Å². The zero-order valence-electron chi connectivity index (χ0n) is 18.9. The molecule has 0 aromatic rings. The van der Waals surface area contributed by atoms with Crippen molar-refractivity contribution < 1.29 is 28.5 Å². The number of unbranched alkanes of at least 4 members (excludes halogenated alkanes) is 2. The molecular formula is C23H39NO6. The van der Waals surface area contributed by atoms with Crippen molar-refractivity contribution in [1.29, 1.82) is 0 Å². The summed E-state index contributed by atoms with van der Waals surface area (Å²) in [5, 5.41) is 2.85. The van der Waals surface area contributed by atoms with Crippen LogP contribution in [0.2, 0.25) is 0 Å². The highest BCUT2D eigenvalue weighted by Gasteiger charge is 2.27. The average Bonchev–Trinajstić information content (AvgIpc) is 3.63. The Morgan fingerprint density at radius 1 is 1.03 bits per heavy atom. The summed E-state index contributed by atoms with van der Waals surface area (Å²) in [6.07, 6.45) is 5.18. The third-order valence-corrected chi connectivity index (χ3v) is 5.09. The molecule has 0 saturated carbocycles. The minimum absolute atomic E-state index is 0.00817. The van der Waals surface area contributed by atoms with Crippen molar-refractivity contribution in [3.8, 4) is 11.8 Å². The fraction of sp³-hybridized carbons (Fsp3) is 0.870. The molecular weight excluding hydrogens is 386 g/mol. The van der Waals surface area contributed by atoms with Gasteiger partial charge < -0.3 is 29.0 Å². The molecule has 0 aromatic heterocycles. The van der Waals surface area contributed by atoms with Crippen LogP contribution in [-0.4, -0.2) is 77.0 Å². The predicted octanol–water partition coefficient (Wildman–Crippen LogP) is 2.32. The lowest BCUT2D eigenvalue weighted by Gasteiger charge is -2.29. The van der Waals surface area contributed by atoms with E-state index < -0.39 is 0 Å². The number of carbonyl (C=O) groups is 1. The quantitative estimate of drug-likeness (QED) is 0.219. The average molecular weight is 426 g/mol. The van der Waals surface area contributed by atoms with E-state index in [2.05, 4.69) is 24.1 Å². The van der Waals surface area contributed by atoms with Crippen LogP contribution in [0.4, 0.5) is 0 Å². The first-order valence-electron chi connectivity index (χ1n) is 11.3. The van der Waals surface area contributed by atoms with Crippen LogP contribution in [0.25, 0.3) is 0 Å². The van der Waals surface area contributed by atoms with E-state index in [1.807, 2.05) is 13.8 Å². The highest BCUT2D eigenvalue weighted by Crippen LogP contribution is 2.25. The molecule has 1 amide bonds. The fourth-order valence-electron chi connectivity index (χ4n) is 3.00. The second-order valence-electron chi connectivity index (χ2n) is 8.47. The maximum atomic E-state index is 12.0. The van der Waals surface area contributed by atoms with Crippen molar-refractivity contribution in [2.24, 2.45) is 5.41 Å². The molecule has 30 heavy (non-hydrogen) atoms. The molecule has 172 valence electrons. The number of hydrogen-bond acceptors (Lipinski definition) is 6. The summed E-state index contributed by atoms with van der Waals surface area (Å²) in [6.45, 7) is 11.9. The lowest BCUT2D eigenvalue weighted by atomic mass is 9.85. The van der Waals surface area contributed by atoms with Crippen molar-refractivity contribution >= 4 is 5.91 Å². The molecule has 3 atom stereocenters. The summed E-state index contributed by atoms with van der Waals surface area (Å²) in [5.41, 5.74) is -0.384. The van der Waals surface area contributed by atoms with Crippen LogP contribution < -0.4 is 5.32 Å². The lowest BCUT2D eigenvalue weighted by Crippen LogP contribution is -2.31. The van der Waals surface area contributed by atoms with Gasteiger partial charge in [0.2, 0.25) is 0 Å². The van der Waals surface area contributed by atoms with Gasteiger partial charge in [-0.1, -0.05) is 12.8 Å². The molecule has 0 radical (unpaired) electrons. The molecule has 0 aliphatic carbocycles. The van der Waals surface area contributed by atoms with E-state index >= 15 is 0 Å². The molecule has 2 aliphatic rings. The Balaban J connectivity index is 1.52. The lowest BCUT2D eigenvalue weighted by molar-refractivity contribution is -0.115. The normalized spacial score (nSPS) is 20.9. The SMILES string of the molecule is CCC(OCCCCOCC1CO1)C(C)(C)C#CC(=O)NCCCCOCC1CO1. The summed E-state index contributed by atoms with van der Waals surface area (Å²) in [4.78, 5) is 12.0. The summed E-state index contributed by atoms with van der Waals surface area (Å²) < 4.78 is 27.3. The maximum absolute atomic E-state index is 12.0. The van der Waals surface area contributed by atoms with Gasteiger partial charge in [-0.05, 0) is 51.9 Å². The Morgan fingerprint density at radius 2 is 1.60 bits per heavy atom. The maximum Gasteiger partial charge on any atom is 0.295 e. The van der Waals surface area contributed by atoms with E-state index in [0.29, 0.717) is 45.2 Å². The van der Waals surface area contributed by atoms with Gasteiger partial charge in [0.15, 0.2) is 0 Å². The van der Waals surface area contributed by atoms with Gasteiger partial charge in [0.25, 0.3) is 5.91 Å². The monoisotopic (exact) mass is 425 g/mol. The zero-order chi connectivity index (χ0) is 21.7. The van der Waals surface area contributed by atoms with E-state index in [9.17, 15) is 4.79 Å². The van der Waals surface area contributed by atoms with Gasteiger partial charge in [-0.25, -0.2) is 0 Å². The topological polar surface area (TPSA) is 81.9 Å². The molecule has 7 nitrogen and oxygen atoms in total. The first kappa shape index (κ1) is 25.1. The molecule has 2 saturated heterocycles. The molecule has 0 spiro atoms. The van der Waals surface area contributed by atoms with E-state index in [4.69, 9.17) is 23.7 Å². The molecule has 7 heteroatoms. The van der Waals surface area contributed by atoms with Crippen LogP contribution in [-0.2, 0) is 28.5 Å². The predicted molar refractivity (Wildman–Crippen MR) is 114 cm³/mol. The highest BCUT2D eigenvalue weighted by molar-refractivity contribution is 5.93. The van der Waals surface area contributed by atoms with Crippen LogP contribution in [0, 0.1) is 17.3 Å². The van der Waals surface area contributed by atoms with Gasteiger partial charge in [-0.3, -0.25) is 4.79 Å². The van der Waals surface area contributed by atoms with Gasteiger partial charge in [0, 0.05) is 26.4 Å². The Labute approximate surface area is 181 Å². The number of epoxide rings is 2. The molecule has 3 unspecified atom stereocenters. The number of nitrogens with one attached hydrogen (secondary N) is 1. The van der Waals surface area contributed by atoms with Crippen LogP contribution in [0.15, 0.2) is 0 Å². The first-order valence-corrected chi connectivity index (χ1v) is 11.3. The minimum atomic E-state index is -0.384. The Hall–Kier alpha value is -1.17. The van der Waals surface area contributed by atoms with Crippen molar-refractivity contribution in [3.05, 3.63) is 0 Å². The number of amides is 1. The van der Waals surface area contributed by atoms with Gasteiger partial charge >= 0.3 is 0 Å². The van der Waals surface area contributed by atoms with Crippen LogP contribution in [0.3, 0.4) is 0 Å². The van der Waals surface area contributed by atoms with Gasteiger partial charge in [0.05, 0.1) is 37.9 Å². The Morgan fingerprint density at radius 3 is 2.17 bits per heavy atom. The van der Waals surface area contributed by atoms with Crippen molar-refractivity contribution in [2.45, 2.75) is 71.2 Å². The van der Waals surface area contributed by atoms with E-state index in [1.54, 1.807) is 0 Å². The van der Waals surface area contributed by atoms with E-state index in [-0.39, 0.29) is 17.4 Å². The molecule has 2 rings (SSSR count). The largest absolute Gasteiger partial charge is 0.379 e. The third-order valence-electron chi connectivity index (χ3n) is 5.09.